The average molecular weight is 220 g/mol. The van der Waals surface area contributed by atoms with Crippen LogP contribution in [0, 0.1) is 17.8 Å². The van der Waals surface area contributed by atoms with E-state index in [0.29, 0.717) is 5.92 Å². The lowest BCUT2D eigenvalue weighted by molar-refractivity contribution is -0.122. The summed E-state index contributed by atoms with van der Waals surface area (Å²) in [6, 6.07) is 0. The summed E-state index contributed by atoms with van der Waals surface area (Å²) in [5.74, 6) is 6.71. The summed E-state index contributed by atoms with van der Waals surface area (Å²) in [5, 5.41) is 3.33. The van der Waals surface area contributed by atoms with Gasteiger partial charge < -0.3 is 5.32 Å². The van der Waals surface area contributed by atoms with Crippen molar-refractivity contribution in [1.29, 1.82) is 0 Å². The summed E-state index contributed by atoms with van der Waals surface area (Å²) in [6.45, 7) is 2.22. The normalized spacial score (nSPS) is 31.8. The van der Waals surface area contributed by atoms with Crippen LogP contribution in [0.1, 0.15) is 19.3 Å². The number of carbonyl (C=O) groups excluding carboxylic acids is 1. The first-order valence-electron chi connectivity index (χ1n) is 5.04. The third-order valence-corrected chi connectivity index (χ3v) is 3.31. The second-order valence-corrected chi connectivity index (χ2v) is 4.10. The number of carbonyl (C=O) groups is 1. The zero-order valence-corrected chi connectivity index (χ0v) is 8.98. The number of hydrazine groups is 1. The molecular formula is C9H18ClN3O. The van der Waals surface area contributed by atoms with Crippen LogP contribution in [-0.2, 0) is 4.79 Å². The molecule has 1 saturated carbocycles. The van der Waals surface area contributed by atoms with Crippen LogP contribution in [-0.4, -0.2) is 19.0 Å². The lowest BCUT2D eigenvalue weighted by Crippen LogP contribution is -2.33. The van der Waals surface area contributed by atoms with Gasteiger partial charge in [-0.25, -0.2) is 5.84 Å². The van der Waals surface area contributed by atoms with E-state index >= 15 is 0 Å². The van der Waals surface area contributed by atoms with Gasteiger partial charge in [-0.2, -0.15) is 0 Å². The Balaban J connectivity index is 0.000000980. The van der Waals surface area contributed by atoms with Crippen LogP contribution in [0.15, 0.2) is 0 Å². The highest BCUT2D eigenvalue weighted by molar-refractivity contribution is 5.85. The molecule has 1 amide bonds. The predicted molar refractivity (Wildman–Crippen MR) is 56.8 cm³/mol. The van der Waals surface area contributed by atoms with Crippen molar-refractivity contribution in [2.24, 2.45) is 23.6 Å². The quantitative estimate of drug-likeness (QED) is 0.349. The van der Waals surface area contributed by atoms with Gasteiger partial charge in [-0.3, -0.25) is 10.2 Å². The number of nitrogens with two attached hydrogens (primary N) is 1. The van der Waals surface area contributed by atoms with Crippen molar-refractivity contribution < 1.29 is 4.79 Å². The van der Waals surface area contributed by atoms with E-state index in [1.807, 2.05) is 0 Å². The maximum atomic E-state index is 11.2. The Morgan fingerprint density at radius 1 is 1.36 bits per heavy atom. The monoisotopic (exact) mass is 219 g/mol. The molecule has 14 heavy (non-hydrogen) atoms. The SMILES string of the molecule is Cl.NNC(=O)C1CC1C1CCNCC1. The molecule has 0 bridgehead atoms. The first-order valence-corrected chi connectivity index (χ1v) is 5.04. The number of hydrogen-bond acceptors (Lipinski definition) is 3. The van der Waals surface area contributed by atoms with Crippen LogP contribution in [0.25, 0.3) is 0 Å². The molecule has 0 aromatic heterocycles. The molecule has 82 valence electrons. The Labute approximate surface area is 90.4 Å². The molecule has 1 aliphatic heterocycles. The first-order chi connectivity index (χ1) is 6.33. The zero-order chi connectivity index (χ0) is 9.26. The smallest absolute Gasteiger partial charge is 0.237 e. The summed E-state index contributed by atoms with van der Waals surface area (Å²) in [5.41, 5.74) is 2.24. The molecule has 2 aliphatic rings. The molecule has 0 aromatic carbocycles. The Kier molecular flexibility index (Phi) is 4.16. The summed E-state index contributed by atoms with van der Waals surface area (Å²) in [4.78, 5) is 11.2. The van der Waals surface area contributed by atoms with Gasteiger partial charge in [0.05, 0.1) is 0 Å². The standard InChI is InChI=1S/C9H17N3O.ClH/c10-12-9(13)8-5-7(8)6-1-3-11-4-2-6;/h6-8,11H,1-5,10H2,(H,12,13);1H. The first kappa shape index (κ1) is 11.8. The minimum atomic E-state index is 0. The molecule has 0 spiro atoms. The Morgan fingerprint density at radius 2 is 2.00 bits per heavy atom. The highest BCUT2D eigenvalue weighted by atomic mass is 35.5. The molecule has 0 aromatic rings. The number of rotatable bonds is 2. The van der Waals surface area contributed by atoms with Gasteiger partial charge in [0, 0.05) is 5.92 Å². The van der Waals surface area contributed by atoms with E-state index in [0.717, 1.165) is 25.4 Å². The molecule has 0 radical (unpaired) electrons. The van der Waals surface area contributed by atoms with Crippen molar-refractivity contribution in [3.05, 3.63) is 0 Å². The second kappa shape index (κ2) is 4.96. The van der Waals surface area contributed by atoms with Crippen molar-refractivity contribution >= 4 is 18.3 Å². The minimum Gasteiger partial charge on any atom is -0.317 e. The number of nitrogens with one attached hydrogen (secondary N) is 2. The molecule has 4 N–H and O–H groups in total. The van der Waals surface area contributed by atoms with Crippen LogP contribution in [0.3, 0.4) is 0 Å². The van der Waals surface area contributed by atoms with E-state index < -0.39 is 0 Å². The molecule has 1 heterocycles. The van der Waals surface area contributed by atoms with Crippen LogP contribution in [0.2, 0.25) is 0 Å². The second-order valence-electron chi connectivity index (χ2n) is 4.10. The molecule has 5 heteroatoms. The topological polar surface area (TPSA) is 67.1 Å². The highest BCUT2D eigenvalue weighted by Gasteiger charge is 2.47. The maximum absolute atomic E-state index is 11.2. The van der Waals surface area contributed by atoms with E-state index in [9.17, 15) is 4.79 Å². The number of halogens is 1. The number of hydrogen-bond donors (Lipinski definition) is 3. The van der Waals surface area contributed by atoms with Gasteiger partial charge >= 0.3 is 0 Å². The molecular weight excluding hydrogens is 202 g/mol. The van der Waals surface area contributed by atoms with Crippen molar-refractivity contribution in [2.75, 3.05) is 13.1 Å². The lowest BCUT2D eigenvalue weighted by Gasteiger charge is -2.22. The van der Waals surface area contributed by atoms with Crippen LogP contribution in [0.4, 0.5) is 0 Å². The molecule has 2 unspecified atom stereocenters. The van der Waals surface area contributed by atoms with E-state index in [2.05, 4.69) is 10.7 Å². The van der Waals surface area contributed by atoms with Crippen molar-refractivity contribution in [1.82, 2.24) is 10.7 Å². The molecule has 1 aliphatic carbocycles. The third kappa shape index (κ3) is 2.38. The summed E-state index contributed by atoms with van der Waals surface area (Å²) in [7, 11) is 0. The van der Waals surface area contributed by atoms with Gasteiger partial charge in [-0.15, -0.1) is 12.4 Å². The molecule has 4 nitrogen and oxygen atoms in total. The van der Waals surface area contributed by atoms with Crippen LogP contribution >= 0.6 is 12.4 Å². The van der Waals surface area contributed by atoms with E-state index in [1.54, 1.807) is 0 Å². The number of piperidine rings is 1. The van der Waals surface area contributed by atoms with Gasteiger partial charge in [0.15, 0.2) is 0 Å². The fraction of sp³-hybridized carbons (Fsp3) is 0.889. The maximum Gasteiger partial charge on any atom is 0.237 e. The van der Waals surface area contributed by atoms with Gasteiger partial charge in [-0.1, -0.05) is 0 Å². The summed E-state index contributed by atoms with van der Waals surface area (Å²) >= 11 is 0. The van der Waals surface area contributed by atoms with Crippen molar-refractivity contribution in [3.63, 3.8) is 0 Å². The Hall–Kier alpha value is -0.320. The minimum absolute atomic E-state index is 0. The van der Waals surface area contributed by atoms with Crippen LogP contribution < -0.4 is 16.6 Å². The zero-order valence-electron chi connectivity index (χ0n) is 8.16. The fourth-order valence-corrected chi connectivity index (χ4v) is 2.42. The summed E-state index contributed by atoms with van der Waals surface area (Å²) < 4.78 is 0. The number of amides is 1. The Morgan fingerprint density at radius 3 is 2.57 bits per heavy atom. The van der Waals surface area contributed by atoms with E-state index in [-0.39, 0.29) is 24.2 Å². The predicted octanol–water partition coefficient (Wildman–Crippen LogP) is 0.0338. The van der Waals surface area contributed by atoms with Gasteiger partial charge in [0.25, 0.3) is 0 Å². The third-order valence-electron chi connectivity index (χ3n) is 3.31. The van der Waals surface area contributed by atoms with Gasteiger partial charge in [-0.05, 0) is 44.2 Å². The van der Waals surface area contributed by atoms with Gasteiger partial charge in [0.1, 0.15) is 0 Å². The highest BCUT2D eigenvalue weighted by Crippen LogP contribution is 2.47. The van der Waals surface area contributed by atoms with Crippen molar-refractivity contribution in [3.8, 4) is 0 Å². The Bertz CT molecular complexity index is 206. The molecule has 2 rings (SSSR count). The fourth-order valence-electron chi connectivity index (χ4n) is 2.42. The average Bonchev–Trinajstić information content (AvgIpc) is 2.98. The van der Waals surface area contributed by atoms with E-state index in [4.69, 9.17) is 5.84 Å². The largest absolute Gasteiger partial charge is 0.317 e. The molecule has 2 atom stereocenters. The van der Waals surface area contributed by atoms with Crippen LogP contribution in [0.5, 0.6) is 0 Å². The van der Waals surface area contributed by atoms with Crippen molar-refractivity contribution in [2.45, 2.75) is 19.3 Å². The lowest BCUT2D eigenvalue weighted by atomic mass is 9.92. The summed E-state index contributed by atoms with van der Waals surface area (Å²) in [6.07, 6.45) is 3.49. The molecule has 1 saturated heterocycles. The van der Waals surface area contributed by atoms with E-state index in [1.165, 1.54) is 12.8 Å². The molecule has 2 fully saturated rings. The van der Waals surface area contributed by atoms with Gasteiger partial charge in [0.2, 0.25) is 5.91 Å².